The fourth-order valence-corrected chi connectivity index (χ4v) is 18.5. The van der Waals surface area contributed by atoms with Crippen molar-refractivity contribution < 1.29 is 58.6 Å². The lowest BCUT2D eigenvalue weighted by molar-refractivity contribution is -0.128. The lowest BCUT2D eigenvalue weighted by atomic mass is 10.0. The predicted molar refractivity (Wildman–Crippen MR) is 426 cm³/mol. The van der Waals surface area contributed by atoms with Gasteiger partial charge in [0.1, 0.15) is 35.4 Å². The molecule has 0 spiro atoms. The fourth-order valence-electron chi connectivity index (χ4n) is 13.8. The van der Waals surface area contributed by atoms with Crippen molar-refractivity contribution in [1.29, 1.82) is 0 Å². The van der Waals surface area contributed by atoms with Crippen LogP contribution in [0.25, 0.3) is 0 Å². The summed E-state index contributed by atoms with van der Waals surface area (Å²) in [6, 6.07) is 36.8. The van der Waals surface area contributed by atoms with E-state index < -0.39 is 30.1 Å². The molecule has 3 aliphatic rings. The number of methoxy groups -OCH3 is 3. The minimum atomic E-state index is -3.70. The average molecular weight is 1520 g/mol. The van der Waals surface area contributed by atoms with Crippen molar-refractivity contribution in [2.45, 2.75) is 139 Å². The van der Waals surface area contributed by atoms with Crippen molar-refractivity contribution in [2.24, 2.45) is 0 Å². The molecule has 584 valence electrons. The Labute approximate surface area is 633 Å². The number of nitrogens with two attached hydrogens (primary N) is 1. The van der Waals surface area contributed by atoms with Gasteiger partial charge in [-0.3, -0.25) is 14.4 Å². The molecule has 26 heteroatoms. The minimum Gasteiger partial charge on any atom is -0.497 e. The number of hydrogen-bond acceptors (Lipinski definition) is 20. The van der Waals surface area contributed by atoms with Crippen LogP contribution in [0.4, 0.5) is 22.7 Å². The van der Waals surface area contributed by atoms with Gasteiger partial charge in [0.25, 0.3) is 6.47 Å². The standard InChI is InChI=1S/2C27H39N3O4S.C13H21N3.C13H19NO5S/c2*1-20-17-26(34-6)18-21(2)27(20)35(32,33)29(5)14-13-25(31)19-22-7-9-24(10-8-22)30-15-11-23(12-16-30)28(3)4;1-15(2)12-7-9-16(10-8-12)13-5-3-11(14)4-6-13;1-10-7-12(18-4)8-11(2)13(10)20(16,17)14(3)5-6-19-9-15/h2*7-10,17-18,23H,11-16,19H2,1-6H3;3-6,12H,7-10,14H2,1-2H3;7-9H,5-6H2,1-4H3. The molecule has 0 radical (unpaired) electrons. The zero-order chi connectivity index (χ0) is 78.4. The SMILES string of the molecule is CN(C)C1CCN(c2ccc(N)cc2)CC1.COc1cc(C)c(S(=O)(=O)N(C)CCC(=O)Cc2ccc(N3CCC(N(C)C)CC3)cc2)c(C)c1.COc1cc(C)c(S(=O)(=O)N(C)CCC(=O)Cc2ccc(N3CCC(N(C)C)CC3)cc2)c(C)c1.COc1cc(C)c(S(=O)(=O)N(C)CCOC=O)c(C)c1. The van der Waals surface area contributed by atoms with Gasteiger partial charge in [-0.1, -0.05) is 24.3 Å². The van der Waals surface area contributed by atoms with Crippen molar-refractivity contribution in [3.05, 3.63) is 154 Å². The first-order chi connectivity index (χ1) is 50.0. The monoisotopic (exact) mass is 1520 g/mol. The number of carbonyl (C=O) groups excluding carboxylic acids is 3. The van der Waals surface area contributed by atoms with Crippen LogP contribution in [0.3, 0.4) is 0 Å². The van der Waals surface area contributed by atoms with Crippen LogP contribution in [0.5, 0.6) is 17.2 Å². The summed E-state index contributed by atoms with van der Waals surface area (Å²) in [4.78, 5) is 50.3. The third-order valence-electron chi connectivity index (χ3n) is 20.3. The predicted octanol–water partition coefficient (Wildman–Crippen LogP) is 10.2. The van der Waals surface area contributed by atoms with Gasteiger partial charge in [-0.2, -0.15) is 4.31 Å². The molecule has 3 heterocycles. The molecule has 2 N–H and O–H groups in total. The molecule has 0 aliphatic carbocycles. The summed E-state index contributed by atoms with van der Waals surface area (Å²) >= 11 is 0. The number of piperidine rings is 3. The van der Waals surface area contributed by atoms with Crippen LogP contribution in [-0.2, 0) is 62.0 Å². The van der Waals surface area contributed by atoms with Crippen LogP contribution in [0.1, 0.15) is 95.9 Å². The van der Waals surface area contributed by atoms with E-state index in [1.54, 1.807) is 92.2 Å². The van der Waals surface area contributed by atoms with Gasteiger partial charge in [0.2, 0.25) is 30.1 Å². The lowest BCUT2D eigenvalue weighted by Gasteiger charge is -2.36. The Morgan fingerprint density at radius 1 is 0.415 bits per heavy atom. The van der Waals surface area contributed by atoms with E-state index in [1.165, 1.54) is 66.8 Å². The topological polar surface area (TPSA) is 246 Å². The maximum atomic E-state index is 13.2. The molecule has 3 aliphatic heterocycles. The lowest BCUT2D eigenvalue weighted by Crippen LogP contribution is -2.41. The summed E-state index contributed by atoms with van der Waals surface area (Å²) in [5.41, 5.74) is 15.9. The van der Waals surface area contributed by atoms with E-state index in [0.29, 0.717) is 82.0 Å². The summed E-state index contributed by atoms with van der Waals surface area (Å²) in [6.07, 6.45) is 8.05. The van der Waals surface area contributed by atoms with Crippen LogP contribution in [0.2, 0.25) is 0 Å². The van der Waals surface area contributed by atoms with E-state index in [1.807, 2.05) is 36.4 Å². The number of ketones is 2. The molecule has 0 unspecified atom stereocenters. The molecule has 6 aromatic rings. The average Bonchev–Trinajstić information content (AvgIpc) is 0.787. The number of nitrogen functional groups attached to an aromatic ring is 1. The van der Waals surface area contributed by atoms with Gasteiger partial charge in [0.05, 0.1) is 36.0 Å². The van der Waals surface area contributed by atoms with Crippen molar-refractivity contribution >= 4 is 70.9 Å². The number of carbonyl (C=O) groups is 3. The Hall–Kier alpha value is -7.66. The highest BCUT2D eigenvalue weighted by Gasteiger charge is 2.30. The maximum absolute atomic E-state index is 13.2. The molecule has 6 aromatic carbocycles. The van der Waals surface area contributed by atoms with E-state index in [2.05, 4.69) is 113 Å². The van der Waals surface area contributed by atoms with Crippen LogP contribution >= 0.6 is 0 Å². The summed E-state index contributed by atoms with van der Waals surface area (Å²) in [5.74, 6) is 1.91. The molecule has 3 fully saturated rings. The number of aryl methyl sites for hydroxylation is 6. The van der Waals surface area contributed by atoms with Crippen LogP contribution in [0, 0.1) is 41.5 Å². The first-order valence-electron chi connectivity index (χ1n) is 36.3. The van der Waals surface area contributed by atoms with Gasteiger partial charge < -0.3 is 54.1 Å². The largest absolute Gasteiger partial charge is 0.497 e. The molecule has 0 saturated carbocycles. The van der Waals surface area contributed by atoms with E-state index in [9.17, 15) is 39.6 Å². The minimum absolute atomic E-state index is 0.0213. The first kappa shape index (κ1) is 87.3. The smallest absolute Gasteiger partial charge is 0.293 e. The maximum Gasteiger partial charge on any atom is 0.293 e. The van der Waals surface area contributed by atoms with Crippen LogP contribution in [0.15, 0.2) is 124 Å². The Morgan fingerprint density at radius 2 is 0.660 bits per heavy atom. The molecule has 0 atom stereocenters. The van der Waals surface area contributed by atoms with Crippen LogP contribution < -0.4 is 34.6 Å². The van der Waals surface area contributed by atoms with E-state index in [-0.39, 0.29) is 65.3 Å². The van der Waals surface area contributed by atoms with Crippen LogP contribution in [-0.4, -0.2) is 239 Å². The number of likely N-dealkylation sites (N-methyl/N-ethyl adjacent to an activating group) is 1. The molecule has 0 bridgehead atoms. The van der Waals surface area contributed by atoms with Gasteiger partial charge in [0.15, 0.2) is 0 Å². The number of hydrogen-bond donors (Lipinski definition) is 1. The highest BCUT2D eigenvalue weighted by molar-refractivity contribution is 7.89. The second-order valence-electron chi connectivity index (χ2n) is 28.6. The molecule has 3 saturated heterocycles. The Balaban J connectivity index is 0.000000232. The zero-order valence-corrected chi connectivity index (χ0v) is 68.4. The number of ether oxygens (including phenoxy) is 4. The Morgan fingerprint density at radius 3 is 0.896 bits per heavy atom. The van der Waals surface area contributed by atoms with E-state index >= 15 is 0 Å². The second kappa shape index (κ2) is 40.5. The third-order valence-corrected chi connectivity index (χ3v) is 26.8. The van der Waals surface area contributed by atoms with Gasteiger partial charge >= 0.3 is 0 Å². The van der Waals surface area contributed by atoms with Crippen molar-refractivity contribution in [3.8, 4) is 17.2 Å². The van der Waals surface area contributed by atoms with Gasteiger partial charge in [-0.25, -0.2) is 33.9 Å². The molecule has 106 heavy (non-hydrogen) atoms. The summed E-state index contributed by atoms with van der Waals surface area (Å²) in [6.45, 7) is 17.6. The van der Waals surface area contributed by atoms with E-state index in [4.69, 9.17) is 19.9 Å². The summed E-state index contributed by atoms with van der Waals surface area (Å²) < 4.78 is 101. The zero-order valence-electron chi connectivity index (χ0n) is 66.0. The normalized spacial score (nSPS) is 14.9. The number of Topliss-reactive ketones (excluding diaryl/α,β-unsaturated/α-hetero) is 2. The summed E-state index contributed by atoms with van der Waals surface area (Å²) in [5, 5.41) is 0. The van der Waals surface area contributed by atoms with Gasteiger partial charge in [-0.15, -0.1) is 0 Å². The molecule has 0 aromatic heterocycles. The Kier molecular flexibility index (Phi) is 33.3. The number of rotatable bonds is 29. The molecule has 23 nitrogen and oxygen atoms in total. The van der Waals surface area contributed by atoms with Crippen molar-refractivity contribution in [1.82, 2.24) is 27.6 Å². The highest BCUT2D eigenvalue weighted by atomic mass is 32.2. The first-order valence-corrected chi connectivity index (χ1v) is 40.6. The molecule has 0 amide bonds. The van der Waals surface area contributed by atoms with Crippen molar-refractivity contribution in [3.63, 3.8) is 0 Å². The third kappa shape index (κ3) is 24.4. The molecule has 9 rings (SSSR count). The quantitative estimate of drug-likeness (QED) is 0.0261. The Bertz CT molecular complexity index is 3930. The van der Waals surface area contributed by atoms with Crippen molar-refractivity contribution in [2.75, 3.05) is 171 Å². The molecular formula is C80H118N10O13S3. The van der Waals surface area contributed by atoms with Gasteiger partial charge in [-0.05, 0) is 252 Å². The number of sulfonamides is 3. The molecular weight excluding hydrogens is 1410 g/mol. The number of benzene rings is 6. The summed E-state index contributed by atoms with van der Waals surface area (Å²) in [7, 11) is 11.0. The van der Waals surface area contributed by atoms with Gasteiger partial charge in [0, 0.05) is 147 Å². The number of anilines is 4. The highest BCUT2D eigenvalue weighted by Crippen LogP contribution is 2.33. The second-order valence-corrected chi connectivity index (χ2v) is 34.6. The number of nitrogens with zero attached hydrogens (tertiary/aromatic N) is 9. The fraction of sp³-hybridized carbons (Fsp3) is 0.512. The van der Waals surface area contributed by atoms with E-state index in [0.717, 1.165) is 92.1 Å².